The van der Waals surface area contributed by atoms with Gasteiger partial charge in [-0.05, 0) is 11.4 Å². The second-order valence-electron chi connectivity index (χ2n) is 4.72. The van der Waals surface area contributed by atoms with Crippen LogP contribution < -0.4 is 11.1 Å². The summed E-state index contributed by atoms with van der Waals surface area (Å²) in [4.78, 5) is 12.1. The summed E-state index contributed by atoms with van der Waals surface area (Å²) in [6.07, 6.45) is -3.57. The number of anilines is 1. The van der Waals surface area contributed by atoms with Crippen molar-refractivity contribution in [2.45, 2.75) is 24.7 Å². The normalized spacial score (nSPS) is 21.7. The predicted octanol–water partition coefficient (Wildman–Crippen LogP) is 2.70. The van der Waals surface area contributed by atoms with Gasteiger partial charge in [-0.3, -0.25) is 4.79 Å². The minimum atomic E-state index is -4.45. The number of amides is 1. The summed E-state index contributed by atoms with van der Waals surface area (Å²) in [5, 5.41) is 8.41. The molecule has 0 bridgehead atoms. The number of nitrogens with one attached hydrogen (secondary N) is 1. The number of rotatable bonds is 2. The van der Waals surface area contributed by atoms with Crippen LogP contribution in [0.5, 0.6) is 0 Å². The summed E-state index contributed by atoms with van der Waals surface area (Å²) in [6, 6.07) is 1.21. The first kappa shape index (κ1) is 13.9. The van der Waals surface area contributed by atoms with E-state index in [1.54, 1.807) is 17.5 Å². The van der Waals surface area contributed by atoms with Crippen LogP contribution >= 0.6 is 11.3 Å². The summed E-state index contributed by atoms with van der Waals surface area (Å²) in [5.41, 5.74) is 5.15. The third-order valence-corrected chi connectivity index (χ3v) is 4.38. The second-order valence-corrected chi connectivity index (χ2v) is 5.70. The summed E-state index contributed by atoms with van der Waals surface area (Å²) in [6.45, 7) is 0. The molecule has 112 valence electrons. The molecule has 2 aromatic heterocycles. The second kappa shape index (κ2) is 4.76. The van der Waals surface area contributed by atoms with E-state index < -0.39 is 24.2 Å². The molecule has 0 aliphatic carbocycles. The average molecular weight is 316 g/mol. The zero-order chi connectivity index (χ0) is 15.2. The van der Waals surface area contributed by atoms with Crippen molar-refractivity contribution in [2.75, 3.05) is 5.32 Å². The van der Waals surface area contributed by atoms with Gasteiger partial charge in [0.2, 0.25) is 0 Å². The highest BCUT2D eigenvalue weighted by molar-refractivity contribution is 7.10. The Hall–Kier alpha value is -2.03. The Bertz CT molecular complexity index is 665. The lowest BCUT2D eigenvalue weighted by Crippen LogP contribution is -2.36. The Morgan fingerprint density at radius 2 is 2.29 bits per heavy atom. The minimum absolute atomic E-state index is 0.0227. The number of nitrogens with zero attached hydrogens (tertiary/aromatic N) is 2. The number of carbonyl (C=O) groups is 1. The quantitative estimate of drug-likeness (QED) is 0.894. The van der Waals surface area contributed by atoms with Gasteiger partial charge < -0.3 is 11.1 Å². The van der Waals surface area contributed by atoms with E-state index in [0.717, 1.165) is 15.8 Å². The molecule has 3 rings (SSSR count). The molecule has 9 heteroatoms. The highest BCUT2D eigenvalue weighted by atomic mass is 32.1. The number of hydrogen-bond acceptors (Lipinski definition) is 4. The number of aromatic nitrogens is 2. The molecule has 1 aliphatic rings. The van der Waals surface area contributed by atoms with Crippen LogP contribution in [0.3, 0.4) is 0 Å². The van der Waals surface area contributed by atoms with E-state index in [0.29, 0.717) is 0 Å². The number of fused-ring (bicyclic) bond motifs is 1. The Labute approximate surface area is 121 Å². The molecular weight excluding hydrogens is 305 g/mol. The summed E-state index contributed by atoms with van der Waals surface area (Å²) < 4.78 is 40.5. The van der Waals surface area contributed by atoms with E-state index in [4.69, 9.17) is 5.73 Å². The van der Waals surface area contributed by atoms with Crippen molar-refractivity contribution in [1.82, 2.24) is 9.78 Å². The Kier molecular flexibility index (Phi) is 3.16. The number of thiophene rings is 1. The molecule has 3 heterocycles. The van der Waals surface area contributed by atoms with Crippen LogP contribution in [0, 0.1) is 0 Å². The summed E-state index contributed by atoms with van der Waals surface area (Å²) in [7, 11) is 0. The maximum absolute atomic E-state index is 13.2. The van der Waals surface area contributed by atoms with Gasteiger partial charge in [0, 0.05) is 11.3 Å². The van der Waals surface area contributed by atoms with Crippen molar-refractivity contribution < 1.29 is 18.0 Å². The lowest BCUT2D eigenvalue weighted by Gasteiger charge is -2.33. The maximum atomic E-state index is 13.2. The van der Waals surface area contributed by atoms with Crippen molar-refractivity contribution in [3.8, 4) is 0 Å². The standard InChI is InChI=1S/C12H11F3N4OS/c13-12(14,15)9-4-7(8-2-1-3-21-8)18-11-6(10(16)20)5-17-19(9)11/h1-3,5,7,9,18H,4H2,(H2,16,20)/t7-,9+/m1/s1. The van der Waals surface area contributed by atoms with Crippen molar-refractivity contribution >= 4 is 23.1 Å². The van der Waals surface area contributed by atoms with Gasteiger partial charge in [-0.15, -0.1) is 11.3 Å². The van der Waals surface area contributed by atoms with Crippen LogP contribution in [0.25, 0.3) is 0 Å². The fourth-order valence-electron chi connectivity index (χ4n) is 2.42. The average Bonchev–Trinajstić information content (AvgIpc) is 3.05. The van der Waals surface area contributed by atoms with Gasteiger partial charge in [0.25, 0.3) is 5.91 Å². The SMILES string of the molecule is NC(=O)c1cnn2c1N[C@@H](c1cccs1)C[C@H]2C(F)(F)F. The molecule has 3 N–H and O–H groups in total. The molecule has 0 saturated carbocycles. The Balaban J connectivity index is 2.07. The van der Waals surface area contributed by atoms with E-state index in [1.807, 2.05) is 0 Å². The van der Waals surface area contributed by atoms with Crippen LogP contribution in [0.2, 0.25) is 0 Å². The van der Waals surface area contributed by atoms with Gasteiger partial charge >= 0.3 is 6.18 Å². The van der Waals surface area contributed by atoms with Gasteiger partial charge in [-0.25, -0.2) is 4.68 Å². The van der Waals surface area contributed by atoms with Crippen molar-refractivity contribution in [3.05, 3.63) is 34.2 Å². The van der Waals surface area contributed by atoms with Crippen molar-refractivity contribution in [3.63, 3.8) is 0 Å². The van der Waals surface area contributed by atoms with Crippen LogP contribution in [0.4, 0.5) is 19.0 Å². The molecule has 21 heavy (non-hydrogen) atoms. The highest BCUT2D eigenvalue weighted by Crippen LogP contribution is 2.44. The molecule has 1 amide bonds. The molecule has 2 atom stereocenters. The van der Waals surface area contributed by atoms with Crippen LogP contribution in [0.15, 0.2) is 23.7 Å². The van der Waals surface area contributed by atoms with Crippen LogP contribution in [-0.2, 0) is 0 Å². The lowest BCUT2D eigenvalue weighted by molar-refractivity contribution is -0.173. The van der Waals surface area contributed by atoms with E-state index in [9.17, 15) is 18.0 Å². The number of alkyl halides is 3. The van der Waals surface area contributed by atoms with E-state index >= 15 is 0 Å². The monoisotopic (exact) mass is 316 g/mol. The summed E-state index contributed by atoms with van der Waals surface area (Å²) in [5.74, 6) is -0.786. The van der Waals surface area contributed by atoms with Gasteiger partial charge in [-0.1, -0.05) is 6.07 Å². The molecule has 0 saturated heterocycles. The summed E-state index contributed by atoms with van der Waals surface area (Å²) >= 11 is 1.36. The van der Waals surface area contributed by atoms with Crippen molar-refractivity contribution in [2.24, 2.45) is 5.73 Å². The number of nitrogens with two attached hydrogens (primary N) is 1. The maximum Gasteiger partial charge on any atom is 0.410 e. The first-order chi connectivity index (χ1) is 9.88. The molecule has 0 radical (unpaired) electrons. The minimum Gasteiger partial charge on any atom is -0.365 e. The zero-order valence-electron chi connectivity index (χ0n) is 10.6. The first-order valence-corrected chi connectivity index (χ1v) is 7.00. The van der Waals surface area contributed by atoms with E-state index in [1.165, 1.54) is 11.3 Å². The smallest absolute Gasteiger partial charge is 0.365 e. The lowest BCUT2D eigenvalue weighted by atomic mass is 10.0. The Morgan fingerprint density at radius 3 is 2.86 bits per heavy atom. The van der Waals surface area contributed by atoms with Gasteiger partial charge in [0.15, 0.2) is 6.04 Å². The van der Waals surface area contributed by atoms with E-state index in [-0.39, 0.29) is 17.8 Å². The Morgan fingerprint density at radius 1 is 1.52 bits per heavy atom. The molecule has 5 nitrogen and oxygen atoms in total. The van der Waals surface area contributed by atoms with Gasteiger partial charge in [0.05, 0.1) is 12.2 Å². The number of hydrogen-bond donors (Lipinski definition) is 2. The number of halogens is 3. The number of primary amides is 1. The third-order valence-electron chi connectivity index (χ3n) is 3.39. The third kappa shape index (κ3) is 2.37. The first-order valence-electron chi connectivity index (χ1n) is 6.12. The fourth-order valence-corrected chi connectivity index (χ4v) is 3.21. The fraction of sp³-hybridized carbons (Fsp3) is 0.333. The van der Waals surface area contributed by atoms with Crippen LogP contribution in [-0.4, -0.2) is 21.9 Å². The number of carbonyl (C=O) groups excluding carboxylic acids is 1. The molecular formula is C12H11F3N4OS. The molecule has 0 aromatic carbocycles. The zero-order valence-corrected chi connectivity index (χ0v) is 11.4. The van der Waals surface area contributed by atoms with Crippen molar-refractivity contribution in [1.29, 1.82) is 0 Å². The van der Waals surface area contributed by atoms with Gasteiger partial charge in [0.1, 0.15) is 11.4 Å². The van der Waals surface area contributed by atoms with E-state index in [2.05, 4.69) is 10.4 Å². The topological polar surface area (TPSA) is 72.9 Å². The molecule has 1 aliphatic heterocycles. The molecule has 0 unspecified atom stereocenters. The van der Waals surface area contributed by atoms with Crippen LogP contribution in [0.1, 0.15) is 33.7 Å². The predicted molar refractivity (Wildman–Crippen MR) is 71.1 cm³/mol. The highest BCUT2D eigenvalue weighted by Gasteiger charge is 2.47. The largest absolute Gasteiger partial charge is 0.410 e. The molecule has 0 spiro atoms. The van der Waals surface area contributed by atoms with Gasteiger partial charge in [-0.2, -0.15) is 18.3 Å². The molecule has 0 fully saturated rings. The molecule has 2 aromatic rings.